The number of hydrogen-bond donors (Lipinski definition) is 2. The summed E-state index contributed by atoms with van der Waals surface area (Å²) in [6.45, 7) is 5.51. The monoisotopic (exact) mass is 282 g/mol. The Balaban J connectivity index is 1.79. The summed E-state index contributed by atoms with van der Waals surface area (Å²) >= 11 is 0. The van der Waals surface area contributed by atoms with Crippen LogP contribution in [0.15, 0.2) is 42.6 Å². The molecular formula is C17H22N4. The van der Waals surface area contributed by atoms with E-state index in [0.717, 1.165) is 12.4 Å². The van der Waals surface area contributed by atoms with E-state index in [2.05, 4.69) is 64.8 Å². The van der Waals surface area contributed by atoms with Crippen LogP contribution in [-0.4, -0.2) is 23.6 Å². The largest absolute Gasteiger partial charge is 0.373 e. The second-order valence-electron chi connectivity index (χ2n) is 6.38. The van der Waals surface area contributed by atoms with Crippen molar-refractivity contribution in [2.75, 3.05) is 24.2 Å². The number of nitrogens with one attached hydrogen (secondary N) is 2. The van der Waals surface area contributed by atoms with Gasteiger partial charge in [0.05, 0.1) is 0 Å². The fourth-order valence-electron chi connectivity index (χ4n) is 3.18. The molecule has 0 bridgehead atoms. The molecule has 0 spiro atoms. The first kappa shape index (κ1) is 13.9. The Labute approximate surface area is 126 Å². The summed E-state index contributed by atoms with van der Waals surface area (Å²) in [6.07, 6.45) is 2.96. The average Bonchev–Trinajstić information content (AvgIpc) is 3.09. The Hall–Kier alpha value is -2.10. The van der Waals surface area contributed by atoms with Gasteiger partial charge in [-0.1, -0.05) is 44.2 Å². The van der Waals surface area contributed by atoms with E-state index in [1.165, 1.54) is 12.0 Å². The van der Waals surface area contributed by atoms with Crippen LogP contribution in [0.4, 0.5) is 11.8 Å². The lowest BCUT2D eigenvalue weighted by atomic mass is 9.88. The molecule has 1 atom stereocenters. The van der Waals surface area contributed by atoms with Crippen LogP contribution in [0.5, 0.6) is 0 Å². The second-order valence-corrected chi connectivity index (χ2v) is 6.38. The fraction of sp³-hybridized carbons (Fsp3) is 0.412. The number of nitrogens with zero attached hydrogens (tertiary/aromatic N) is 2. The number of rotatable bonds is 5. The van der Waals surface area contributed by atoms with E-state index in [0.29, 0.717) is 11.4 Å². The molecule has 110 valence electrons. The minimum absolute atomic E-state index is 0.174. The van der Waals surface area contributed by atoms with E-state index >= 15 is 0 Å². The first-order valence-corrected chi connectivity index (χ1v) is 7.38. The first-order valence-electron chi connectivity index (χ1n) is 7.38. The van der Waals surface area contributed by atoms with Gasteiger partial charge in [-0.25, -0.2) is 4.98 Å². The van der Waals surface area contributed by atoms with Crippen molar-refractivity contribution in [3.8, 4) is 0 Å². The molecule has 1 aliphatic carbocycles. The highest BCUT2D eigenvalue weighted by atomic mass is 15.1. The molecule has 2 N–H and O–H groups in total. The van der Waals surface area contributed by atoms with Gasteiger partial charge in [0.15, 0.2) is 0 Å². The summed E-state index contributed by atoms with van der Waals surface area (Å²) in [7, 11) is 1.86. The molecule has 3 rings (SSSR count). The molecule has 1 aromatic heterocycles. The Morgan fingerprint density at radius 2 is 1.86 bits per heavy atom. The van der Waals surface area contributed by atoms with E-state index in [1.807, 2.05) is 13.1 Å². The summed E-state index contributed by atoms with van der Waals surface area (Å²) in [5.41, 5.74) is 1.88. The van der Waals surface area contributed by atoms with Gasteiger partial charge in [-0.05, 0) is 23.5 Å². The summed E-state index contributed by atoms with van der Waals surface area (Å²) in [4.78, 5) is 8.73. The Bertz CT molecular complexity index is 624. The number of hydrogen-bond acceptors (Lipinski definition) is 4. The molecule has 4 heteroatoms. The van der Waals surface area contributed by atoms with E-state index < -0.39 is 0 Å². The minimum Gasteiger partial charge on any atom is -0.373 e. The molecule has 4 nitrogen and oxygen atoms in total. The van der Waals surface area contributed by atoms with Gasteiger partial charge < -0.3 is 10.6 Å². The standard InChI is InChI=1S/C17H22N4/c1-16(2)11-17(16,13-7-5-4-6-8-13)12-20-15-19-10-9-14(18-3)21-15/h4-10H,11-12H2,1-3H3,(H2,18,19,20,21). The highest BCUT2D eigenvalue weighted by Gasteiger charge is 2.61. The molecule has 1 aromatic carbocycles. The molecule has 1 fully saturated rings. The van der Waals surface area contributed by atoms with Crippen LogP contribution in [-0.2, 0) is 5.41 Å². The average molecular weight is 282 g/mol. The highest BCUT2D eigenvalue weighted by molar-refractivity contribution is 5.43. The smallest absolute Gasteiger partial charge is 0.224 e. The number of benzene rings is 1. The zero-order chi connectivity index (χ0) is 14.9. The van der Waals surface area contributed by atoms with Gasteiger partial charge in [0.25, 0.3) is 0 Å². The highest BCUT2D eigenvalue weighted by Crippen LogP contribution is 2.64. The zero-order valence-corrected chi connectivity index (χ0v) is 12.9. The van der Waals surface area contributed by atoms with Gasteiger partial charge >= 0.3 is 0 Å². The second kappa shape index (κ2) is 5.02. The first-order chi connectivity index (χ1) is 10.1. The van der Waals surface area contributed by atoms with Crippen molar-refractivity contribution in [1.29, 1.82) is 0 Å². The molecule has 1 saturated carbocycles. The van der Waals surface area contributed by atoms with Gasteiger partial charge in [0, 0.05) is 25.2 Å². The van der Waals surface area contributed by atoms with Crippen LogP contribution in [0, 0.1) is 5.41 Å². The summed E-state index contributed by atoms with van der Waals surface area (Å²) in [5, 5.41) is 6.45. The molecule has 2 aromatic rings. The van der Waals surface area contributed by atoms with Crippen LogP contribution < -0.4 is 10.6 Å². The zero-order valence-electron chi connectivity index (χ0n) is 12.9. The molecule has 0 radical (unpaired) electrons. The third kappa shape index (κ3) is 2.46. The van der Waals surface area contributed by atoms with E-state index in [4.69, 9.17) is 0 Å². The van der Waals surface area contributed by atoms with Crippen LogP contribution in [0.3, 0.4) is 0 Å². The quantitative estimate of drug-likeness (QED) is 0.883. The van der Waals surface area contributed by atoms with Gasteiger partial charge in [-0.3, -0.25) is 0 Å². The maximum Gasteiger partial charge on any atom is 0.224 e. The lowest BCUT2D eigenvalue weighted by Crippen LogP contribution is -2.25. The Kier molecular flexibility index (Phi) is 3.32. The third-order valence-corrected chi connectivity index (χ3v) is 4.70. The minimum atomic E-state index is 0.174. The van der Waals surface area contributed by atoms with Gasteiger partial charge in [-0.15, -0.1) is 0 Å². The SMILES string of the molecule is CNc1ccnc(NCC2(c3ccccc3)CC2(C)C)n1. The summed E-state index contributed by atoms with van der Waals surface area (Å²) in [5.74, 6) is 1.51. The van der Waals surface area contributed by atoms with Crippen LogP contribution in [0.2, 0.25) is 0 Å². The lowest BCUT2D eigenvalue weighted by Gasteiger charge is -2.22. The van der Waals surface area contributed by atoms with Crippen molar-refractivity contribution < 1.29 is 0 Å². The molecule has 0 amide bonds. The van der Waals surface area contributed by atoms with E-state index in [-0.39, 0.29) is 5.41 Å². The molecule has 1 aliphatic rings. The third-order valence-electron chi connectivity index (χ3n) is 4.70. The predicted octanol–water partition coefficient (Wildman–Crippen LogP) is 3.30. The van der Waals surface area contributed by atoms with Gasteiger partial charge in [-0.2, -0.15) is 4.98 Å². The lowest BCUT2D eigenvalue weighted by molar-refractivity contribution is 0.511. The summed E-state index contributed by atoms with van der Waals surface area (Å²) < 4.78 is 0. The van der Waals surface area contributed by atoms with Gasteiger partial charge in [0.2, 0.25) is 5.95 Å². The molecule has 1 unspecified atom stereocenters. The fourth-order valence-corrected chi connectivity index (χ4v) is 3.18. The predicted molar refractivity (Wildman–Crippen MR) is 86.6 cm³/mol. The van der Waals surface area contributed by atoms with Crippen molar-refractivity contribution >= 4 is 11.8 Å². The molecule has 1 heterocycles. The maximum atomic E-state index is 4.43. The molecule has 0 aliphatic heterocycles. The van der Waals surface area contributed by atoms with Crippen LogP contribution in [0.1, 0.15) is 25.8 Å². The van der Waals surface area contributed by atoms with Crippen molar-refractivity contribution in [3.63, 3.8) is 0 Å². The maximum absolute atomic E-state index is 4.43. The van der Waals surface area contributed by atoms with Crippen molar-refractivity contribution in [2.45, 2.75) is 25.7 Å². The van der Waals surface area contributed by atoms with Crippen LogP contribution >= 0.6 is 0 Å². The summed E-state index contributed by atoms with van der Waals surface area (Å²) in [6, 6.07) is 12.6. The normalized spacial score (nSPS) is 22.6. The van der Waals surface area contributed by atoms with Crippen molar-refractivity contribution in [1.82, 2.24) is 9.97 Å². The number of anilines is 2. The Morgan fingerprint density at radius 3 is 2.48 bits per heavy atom. The topological polar surface area (TPSA) is 49.8 Å². The molecule has 0 saturated heterocycles. The number of aromatic nitrogens is 2. The van der Waals surface area contributed by atoms with Gasteiger partial charge in [0.1, 0.15) is 5.82 Å². The van der Waals surface area contributed by atoms with Crippen LogP contribution in [0.25, 0.3) is 0 Å². The van der Waals surface area contributed by atoms with E-state index in [1.54, 1.807) is 6.20 Å². The van der Waals surface area contributed by atoms with Crippen molar-refractivity contribution in [3.05, 3.63) is 48.2 Å². The molecule has 21 heavy (non-hydrogen) atoms. The molecular weight excluding hydrogens is 260 g/mol. The van der Waals surface area contributed by atoms with E-state index in [9.17, 15) is 0 Å². The Morgan fingerprint density at radius 1 is 1.14 bits per heavy atom. The van der Waals surface area contributed by atoms with Crippen molar-refractivity contribution in [2.24, 2.45) is 5.41 Å².